The lowest BCUT2D eigenvalue weighted by Gasteiger charge is -2.13. The van der Waals surface area contributed by atoms with Crippen LogP contribution >= 0.6 is 0 Å². The van der Waals surface area contributed by atoms with Gasteiger partial charge >= 0.3 is 5.69 Å². The zero-order valence-electron chi connectivity index (χ0n) is 10.6. The van der Waals surface area contributed by atoms with E-state index in [2.05, 4.69) is 0 Å². The third-order valence-electron chi connectivity index (χ3n) is 3.65. The Bertz CT molecular complexity index is 501. The van der Waals surface area contributed by atoms with Gasteiger partial charge < -0.3 is 0 Å². The highest BCUT2D eigenvalue weighted by Crippen LogP contribution is 2.27. The molecule has 1 aromatic rings. The van der Waals surface area contributed by atoms with E-state index in [-0.39, 0.29) is 23.7 Å². The largest absolute Gasteiger partial charge is 0.305 e. The molecule has 0 aromatic heterocycles. The van der Waals surface area contributed by atoms with Gasteiger partial charge in [0.15, 0.2) is 0 Å². The highest BCUT2D eigenvalue weighted by atomic mass is 19.1. The van der Waals surface area contributed by atoms with E-state index in [1.165, 1.54) is 12.1 Å². The third-order valence-corrected chi connectivity index (χ3v) is 3.65. The van der Waals surface area contributed by atoms with E-state index in [9.17, 15) is 19.3 Å². The Balaban J connectivity index is 2.20. The number of hydrogen-bond donors (Lipinski definition) is 0. The predicted octanol–water partition coefficient (Wildman–Crippen LogP) is 3.43. The number of rotatable bonds is 3. The first-order valence-electron chi connectivity index (χ1n) is 6.54. The first-order valence-corrected chi connectivity index (χ1v) is 6.54. The predicted molar refractivity (Wildman–Crippen MR) is 68.3 cm³/mol. The SMILES string of the molecule is O=C1CCCCCC1Cc1cccc([N+](=O)[O-])c1F. The molecule has 0 aliphatic heterocycles. The number of nitro groups is 1. The standard InChI is InChI=1S/C14H16FNO3/c15-14-11(6-4-7-12(14)16(18)19)9-10-5-2-1-3-8-13(10)17/h4,6-7,10H,1-3,5,8-9H2. The molecule has 1 unspecified atom stereocenters. The van der Waals surface area contributed by atoms with Gasteiger partial charge in [-0.1, -0.05) is 25.0 Å². The van der Waals surface area contributed by atoms with Gasteiger partial charge in [0.2, 0.25) is 5.82 Å². The molecule has 1 fully saturated rings. The van der Waals surface area contributed by atoms with Crippen LogP contribution in [-0.2, 0) is 11.2 Å². The van der Waals surface area contributed by atoms with E-state index < -0.39 is 16.4 Å². The van der Waals surface area contributed by atoms with Crippen molar-refractivity contribution < 1.29 is 14.1 Å². The van der Waals surface area contributed by atoms with Gasteiger partial charge in [-0.15, -0.1) is 0 Å². The number of ketones is 1. The minimum atomic E-state index is -0.801. The van der Waals surface area contributed by atoms with Crippen LogP contribution < -0.4 is 0 Å². The molecule has 1 aliphatic carbocycles. The summed E-state index contributed by atoms with van der Waals surface area (Å²) in [4.78, 5) is 21.8. The van der Waals surface area contributed by atoms with E-state index in [1.54, 1.807) is 0 Å². The van der Waals surface area contributed by atoms with Gasteiger partial charge in [0.25, 0.3) is 0 Å². The van der Waals surface area contributed by atoms with Crippen LogP contribution in [0.1, 0.15) is 37.7 Å². The molecule has 102 valence electrons. The van der Waals surface area contributed by atoms with Crippen LogP contribution in [0.5, 0.6) is 0 Å². The molecule has 0 spiro atoms. The van der Waals surface area contributed by atoms with Gasteiger partial charge in [0.1, 0.15) is 5.78 Å². The van der Waals surface area contributed by atoms with Crippen LogP contribution in [0, 0.1) is 21.8 Å². The molecule has 5 heteroatoms. The van der Waals surface area contributed by atoms with E-state index in [0.29, 0.717) is 6.42 Å². The Hall–Kier alpha value is -1.78. The molecule has 1 saturated carbocycles. The van der Waals surface area contributed by atoms with Crippen molar-refractivity contribution in [1.29, 1.82) is 0 Å². The number of halogens is 1. The molecule has 0 bridgehead atoms. The molecule has 2 rings (SSSR count). The van der Waals surface area contributed by atoms with Crippen molar-refractivity contribution in [2.75, 3.05) is 0 Å². The number of hydrogen-bond acceptors (Lipinski definition) is 3. The van der Waals surface area contributed by atoms with Crippen molar-refractivity contribution in [2.45, 2.75) is 38.5 Å². The van der Waals surface area contributed by atoms with Gasteiger partial charge in [-0.2, -0.15) is 4.39 Å². The smallest absolute Gasteiger partial charge is 0.299 e. The normalized spacial score (nSPS) is 20.1. The van der Waals surface area contributed by atoms with Crippen molar-refractivity contribution in [2.24, 2.45) is 5.92 Å². The van der Waals surface area contributed by atoms with Gasteiger partial charge in [0, 0.05) is 18.4 Å². The summed E-state index contributed by atoms with van der Waals surface area (Å²) in [7, 11) is 0. The van der Waals surface area contributed by atoms with Crippen LogP contribution in [0.15, 0.2) is 18.2 Å². The second-order valence-electron chi connectivity index (χ2n) is 4.97. The molecule has 4 nitrogen and oxygen atoms in total. The van der Waals surface area contributed by atoms with Crippen LogP contribution in [0.2, 0.25) is 0 Å². The minimum absolute atomic E-state index is 0.156. The Morgan fingerprint density at radius 2 is 2.11 bits per heavy atom. The lowest BCUT2D eigenvalue weighted by molar-refractivity contribution is -0.387. The quantitative estimate of drug-likeness (QED) is 0.478. The van der Waals surface area contributed by atoms with Gasteiger partial charge in [-0.05, 0) is 24.8 Å². The van der Waals surface area contributed by atoms with Crippen LogP contribution in [0.25, 0.3) is 0 Å². The number of benzene rings is 1. The van der Waals surface area contributed by atoms with Gasteiger partial charge in [-0.3, -0.25) is 14.9 Å². The highest BCUT2D eigenvalue weighted by Gasteiger charge is 2.24. The highest BCUT2D eigenvalue weighted by molar-refractivity contribution is 5.81. The molecule has 0 saturated heterocycles. The van der Waals surface area contributed by atoms with E-state index in [0.717, 1.165) is 31.7 Å². The van der Waals surface area contributed by atoms with Crippen molar-refractivity contribution in [3.8, 4) is 0 Å². The van der Waals surface area contributed by atoms with Gasteiger partial charge in [-0.25, -0.2) is 0 Å². The van der Waals surface area contributed by atoms with Gasteiger partial charge in [0.05, 0.1) is 4.92 Å². The zero-order chi connectivity index (χ0) is 13.8. The fourth-order valence-corrected chi connectivity index (χ4v) is 2.58. The van der Waals surface area contributed by atoms with E-state index >= 15 is 0 Å². The maximum Gasteiger partial charge on any atom is 0.305 e. The summed E-state index contributed by atoms with van der Waals surface area (Å²) in [6.07, 6.45) is 4.45. The van der Waals surface area contributed by atoms with Crippen LogP contribution in [0.3, 0.4) is 0 Å². The summed E-state index contributed by atoms with van der Waals surface area (Å²) in [6, 6.07) is 4.14. The summed E-state index contributed by atoms with van der Waals surface area (Å²) >= 11 is 0. The Labute approximate surface area is 110 Å². The van der Waals surface area contributed by atoms with Crippen LogP contribution in [-0.4, -0.2) is 10.7 Å². The second kappa shape index (κ2) is 5.91. The number of nitrogens with zero attached hydrogens (tertiary/aromatic N) is 1. The molecule has 0 amide bonds. The molecule has 19 heavy (non-hydrogen) atoms. The number of carbonyl (C=O) groups is 1. The first kappa shape index (κ1) is 13.6. The maximum absolute atomic E-state index is 14.0. The summed E-state index contributed by atoms with van der Waals surface area (Å²) in [5.41, 5.74) is -0.243. The van der Waals surface area contributed by atoms with Crippen molar-refractivity contribution in [1.82, 2.24) is 0 Å². The number of carbonyl (C=O) groups excluding carboxylic acids is 1. The molecule has 0 radical (unpaired) electrons. The van der Waals surface area contributed by atoms with Crippen LogP contribution in [0.4, 0.5) is 10.1 Å². The summed E-state index contributed by atoms with van der Waals surface area (Å²) in [6.45, 7) is 0. The second-order valence-corrected chi connectivity index (χ2v) is 4.97. The first-order chi connectivity index (χ1) is 9.09. The molecule has 0 N–H and O–H groups in total. The minimum Gasteiger partial charge on any atom is -0.299 e. The Morgan fingerprint density at radius 3 is 2.84 bits per heavy atom. The fourth-order valence-electron chi connectivity index (χ4n) is 2.58. The third kappa shape index (κ3) is 3.16. The average Bonchev–Trinajstić information content (AvgIpc) is 2.57. The number of nitro benzene ring substituents is 1. The number of Topliss-reactive ketones (excluding diaryl/α,β-unsaturated/α-hetero) is 1. The van der Waals surface area contributed by atoms with E-state index in [4.69, 9.17) is 0 Å². The topological polar surface area (TPSA) is 60.2 Å². The Kier molecular flexibility index (Phi) is 4.24. The molecule has 0 heterocycles. The summed E-state index contributed by atoms with van der Waals surface area (Å²) in [5.74, 6) is -0.841. The molecular weight excluding hydrogens is 249 g/mol. The summed E-state index contributed by atoms with van der Waals surface area (Å²) in [5, 5.41) is 10.7. The monoisotopic (exact) mass is 265 g/mol. The lowest BCUT2D eigenvalue weighted by Crippen LogP contribution is -2.16. The zero-order valence-corrected chi connectivity index (χ0v) is 10.6. The maximum atomic E-state index is 14.0. The van der Waals surface area contributed by atoms with Crippen molar-refractivity contribution in [3.05, 3.63) is 39.7 Å². The molecule has 1 atom stereocenters. The van der Waals surface area contributed by atoms with Crippen molar-refractivity contribution >= 4 is 11.5 Å². The molecule has 1 aromatic carbocycles. The molecular formula is C14H16FNO3. The molecule has 1 aliphatic rings. The average molecular weight is 265 g/mol. The Morgan fingerprint density at radius 1 is 1.32 bits per heavy atom. The lowest BCUT2D eigenvalue weighted by atomic mass is 9.91. The fraction of sp³-hybridized carbons (Fsp3) is 0.500. The summed E-state index contributed by atoms with van der Waals surface area (Å²) < 4.78 is 14.0. The van der Waals surface area contributed by atoms with Crippen molar-refractivity contribution in [3.63, 3.8) is 0 Å². The van der Waals surface area contributed by atoms with E-state index in [1.807, 2.05) is 0 Å².